The Balaban J connectivity index is 1.17. The third kappa shape index (κ3) is 7.01. The van der Waals surface area contributed by atoms with Crippen LogP contribution in [0.5, 0.6) is 5.88 Å². The van der Waals surface area contributed by atoms with Crippen molar-refractivity contribution in [3.63, 3.8) is 0 Å². The summed E-state index contributed by atoms with van der Waals surface area (Å²) in [5.74, 6) is 1.52. The number of hydrogen-bond acceptors (Lipinski definition) is 9. The summed E-state index contributed by atoms with van der Waals surface area (Å²) in [7, 11) is 0. The quantitative estimate of drug-likeness (QED) is 0.143. The summed E-state index contributed by atoms with van der Waals surface area (Å²) in [5.41, 5.74) is 4.42. The first-order valence-electron chi connectivity index (χ1n) is 14.1. The topological polar surface area (TPSA) is 90.5 Å². The van der Waals surface area contributed by atoms with Crippen molar-refractivity contribution in [1.82, 2.24) is 24.8 Å². The molecule has 218 valence electrons. The number of likely N-dealkylation sites (N-methyl/N-ethyl adjacent to an activating group) is 1. The van der Waals surface area contributed by atoms with Crippen LogP contribution >= 0.6 is 22.7 Å². The Kier molecular flexibility index (Phi) is 9.89. The Morgan fingerprint density at radius 3 is 2.86 bits per heavy atom. The van der Waals surface area contributed by atoms with E-state index >= 15 is 0 Å². The molecule has 4 heterocycles. The van der Waals surface area contributed by atoms with Crippen molar-refractivity contribution in [2.45, 2.75) is 45.8 Å². The fourth-order valence-corrected chi connectivity index (χ4v) is 6.89. The summed E-state index contributed by atoms with van der Waals surface area (Å²) in [6.07, 6.45) is 3.84. The number of aromatic nitrogens is 3. The van der Waals surface area contributed by atoms with Crippen LogP contribution in [0.25, 0.3) is 16.3 Å². The molecule has 0 amide bonds. The number of piperidine rings is 1. The molecule has 3 aromatic heterocycles. The van der Waals surface area contributed by atoms with E-state index in [0.29, 0.717) is 21.5 Å². The lowest BCUT2D eigenvalue weighted by atomic mass is 9.93. The molecule has 1 aliphatic heterocycles. The van der Waals surface area contributed by atoms with E-state index in [4.69, 9.17) is 20.0 Å². The van der Waals surface area contributed by atoms with E-state index in [1.54, 1.807) is 17.4 Å². The van der Waals surface area contributed by atoms with Gasteiger partial charge < -0.3 is 9.64 Å². The molecular weight excluding hydrogens is 570 g/mol. The number of amidine groups is 1. The first-order chi connectivity index (χ1) is 20.5. The third-order valence-corrected chi connectivity index (χ3v) is 9.18. The maximum atomic E-state index is 14.3. The molecule has 0 bridgehead atoms. The molecular formula is C31H34FN7OS2. The monoisotopic (exact) mass is 603 g/mol. The number of ether oxygens (including phenoxy) is 1. The number of nitrogens with zero attached hydrogens (tertiary/aromatic N) is 7. The smallest absolute Gasteiger partial charge is 0.213 e. The number of hydrogen-bond donors (Lipinski definition) is 0. The first-order valence-corrected chi connectivity index (χ1v) is 15.8. The lowest BCUT2D eigenvalue weighted by molar-refractivity contribution is 0.227. The highest BCUT2D eigenvalue weighted by Gasteiger charge is 2.24. The lowest BCUT2D eigenvalue weighted by Gasteiger charge is -2.34. The molecule has 11 heteroatoms. The van der Waals surface area contributed by atoms with Gasteiger partial charge in [-0.2, -0.15) is 5.26 Å². The average Bonchev–Trinajstić information content (AvgIpc) is 3.65. The number of fused-ring (bicyclic) bond motifs is 1. The molecule has 4 aromatic rings. The molecule has 0 N–H and O–H groups in total. The number of nitriles is 1. The van der Waals surface area contributed by atoms with Gasteiger partial charge in [0, 0.05) is 30.8 Å². The van der Waals surface area contributed by atoms with Crippen molar-refractivity contribution < 1.29 is 9.13 Å². The van der Waals surface area contributed by atoms with Crippen molar-refractivity contribution in [3.05, 3.63) is 75.1 Å². The maximum Gasteiger partial charge on any atom is 0.213 e. The second-order valence-corrected chi connectivity index (χ2v) is 12.1. The molecule has 5 rings (SSSR count). The van der Waals surface area contributed by atoms with E-state index in [9.17, 15) is 4.39 Å². The first kappa shape index (κ1) is 29.8. The van der Waals surface area contributed by atoms with Crippen LogP contribution in [-0.4, -0.2) is 63.3 Å². The van der Waals surface area contributed by atoms with Gasteiger partial charge in [-0.1, -0.05) is 12.6 Å². The van der Waals surface area contributed by atoms with Crippen molar-refractivity contribution in [2.24, 2.45) is 4.99 Å². The van der Waals surface area contributed by atoms with Gasteiger partial charge in [-0.25, -0.2) is 19.3 Å². The summed E-state index contributed by atoms with van der Waals surface area (Å²) < 4.78 is 20.9. The Morgan fingerprint density at radius 2 is 2.12 bits per heavy atom. The Morgan fingerprint density at radius 1 is 1.29 bits per heavy atom. The van der Waals surface area contributed by atoms with Gasteiger partial charge in [0.1, 0.15) is 23.0 Å². The molecule has 0 unspecified atom stereocenters. The zero-order valence-corrected chi connectivity index (χ0v) is 25.6. The SMILES string of the molecule is C=Cc1ncsc1CN(CC)/C(CN1CCC(c2cccc(OCc3nc4c(F)cc(C#N)cc4s3)n2)CC1)=N\CC. The normalized spacial score (nSPS) is 14.7. The van der Waals surface area contributed by atoms with Gasteiger partial charge in [0.2, 0.25) is 5.88 Å². The number of rotatable bonds is 11. The lowest BCUT2D eigenvalue weighted by Crippen LogP contribution is -2.43. The number of aliphatic imine (C=N–C) groups is 1. The van der Waals surface area contributed by atoms with E-state index in [2.05, 4.69) is 46.3 Å². The predicted molar refractivity (Wildman–Crippen MR) is 168 cm³/mol. The van der Waals surface area contributed by atoms with E-state index in [-0.39, 0.29) is 17.7 Å². The molecule has 0 saturated carbocycles. The molecule has 0 atom stereocenters. The molecule has 1 saturated heterocycles. The largest absolute Gasteiger partial charge is 0.470 e. The van der Waals surface area contributed by atoms with Gasteiger partial charge in [0.15, 0.2) is 5.82 Å². The van der Waals surface area contributed by atoms with Crippen LogP contribution in [0.2, 0.25) is 0 Å². The number of thiazole rings is 2. The van der Waals surface area contributed by atoms with Crippen LogP contribution in [0.3, 0.4) is 0 Å². The number of halogens is 1. The molecule has 0 aliphatic carbocycles. The summed E-state index contributed by atoms with van der Waals surface area (Å²) in [4.78, 5) is 24.5. The van der Waals surface area contributed by atoms with Crippen molar-refractivity contribution in [3.8, 4) is 11.9 Å². The van der Waals surface area contributed by atoms with Crippen molar-refractivity contribution in [2.75, 3.05) is 32.7 Å². The highest BCUT2D eigenvalue weighted by Crippen LogP contribution is 2.30. The Hall–Kier alpha value is -3.72. The molecule has 1 aromatic carbocycles. The minimum absolute atomic E-state index is 0.193. The zero-order valence-electron chi connectivity index (χ0n) is 23.9. The second kappa shape index (κ2) is 14.0. The molecule has 0 radical (unpaired) electrons. The van der Waals surface area contributed by atoms with Gasteiger partial charge in [-0.3, -0.25) is 9.89 Å². The van der Waals surface area contributed by atoms with Gasteiger partial charge >= 0.3 is 0 Å². The fourth-order valence-electron chi connectivity index (χ4n) is 5.18. The molecule has 0 spiro atoms. The summed E-state index contributed by atoms with van der Waals surface area (Å²) >= 11 is 2.99. The summed E-state index contributed by atoms with van der Waals surface area (Å²) in [6.45, 7) is 13.5. The average molecular weight is 604 g/mol. The Labute approximate surface area is 253 Å². The van der Waals surface area contributed by atoms with Gasteiger partial charge in [0.25, 0.3) is 0 Å². The fraction of sp³-hybridized carbons (Fsp3) is 0.387. The second-order valence-electron chi connectivity index (χ2n) is 10.0. The highest BCUT2D eigenvalue weighted by molar-refractivity contribution is 7.18. The van der Waals surface area contributed by atoms with Crippen molar-refractivity contribution >= 4 is 44.8 Å². The van der Waals surface area contributed by atoms with E-state index in [1.807, 2.05) is 29.8 Å². The molecule has 42 heavy (non-hydrogen) atoms. The summed E-state index contributed by atoms with van der Waals surface area (Å²) in [5, 5.41) is 9.74. The van der Waals surface area contributed by atoms with Crippen LogP contribution in [0.1, 0.15) is 59.4 Å². The third-order valence-electron chi connectivity index (χ3n) is 7.37. The van der Waals surface area contributed by atoms with Gasteiger partial charge in [0.05, 0.1) is 45.5 Å². The molecule has 1 aliphatic rings. The molecule has 8 nitrogen and oxygen atoms in total. The van der Waals surface area contributed by atoms with E-state index in [1.165, 1.54) is 22.3 Å². The van der Waals surface area contributed by atoms with E-state index < -0.39 is 5.82 Å². The minimum atomic E-state index is -0.491. The van der Waals surface area contributed by atoms with Crippen LogP contribution in [0, 0.1) is 17.1 Å². The van der Waals surface area contributed by atoms with Crippen LogP contribution in [-0.2, 0) is 13.2 Å². The zero-order chi connectivity index (χ0) is 29.5. The minimum Gasteiger partial charge on any atom is -0.470 e. The van der Waals surface area contributed by atoms with Gasteiger partial charge in [-0.15, -0.1) is 22.7 Å². The van der Waals surface area contributed by atoms with Gasteiger partial charge in [-0.05, 0) is 64.1 Å². The number of pyridine rings is 1. The highest BCUT2D eigenvalue weighted by atomic mass is 32.1. The number of likely N-dealkylation sites (tertiary alicyclic amines) is 1. The standard InChI is InChI=1S/C31H34FN7OS2/c1-4-24-27(41-20-35-24)17-39(6-3)28(34-5-2)18-38-12-10-22(11-13-38)25-8-7-9-29(36-25)40-19-30-37-31-23(32)14-21(16-33)15-26(31)42-30/h4,7-9,14-15,20,22H,1,5-6,10-13,17-19H2,2-3H3/b34-28-. The number of benzene rings is 1. The van der Waals surface area contributed by atoms with Crippen LogP contribution in [0.4, 0.5) is 4.39 Å². The van der Waals surface area contributed by atoms with E-state index in [0.717, 1.165) is 69.3 Å². The summed E-state index contributed by atoms with van der Waals surface area (Å²) in [6, 6.07) is 10.7. The van der Waals surface area contributed by atoms with Crippen molar-refractivity contribution in [1.29, 1.82) is 5.26 Å². The van der Waals surface area contributed by atoms with Crippen LogP contribution < -0.4 is 4.74 Å². The van der Waals surface area contributed by atoms with Crippen LogP contribution in [0.15, 0.2) is 47.4 Å². The predicted octanol–water partition coefficient (Wildman–Crippen LogP) is 6.50. The maximum absolute atomic E-state index is 14.3. The Bertz CT molecular complexity index is 1600. The molecule has 1 fully saturated rings.